The number of rotatable bonds is 3. The summed E-state index contributed by atoms with van der Waals surface area (Å²) in [5.41, 5.74) is 2.05. The second kappa shape index (κ2) is 5.05. The summed E-state index contributed by atoms with van der Waals surface area (Å²) in [5, 5.41) is 0. The fourth-order valence-electron chi connectivity index (χ4n) is 1.43. The average molecular weight is 251 g/mol. The normalized spacial score (nSPS) is 10.2. The molecule has 0 saturated heterocycles. The Balaban J connectivity index is 2.44. The smallest absolute Gasteiger partial charge is 0.358 e. The summed E-state index contributed by atoms with van der Waals surface area (Å²) in [7, 11) is 0. The highest BCUT2D eigenvalue weighted by Crippen LogP contribution is 2.30. The van der Waals surface area contributed by atoms with E-state index in [1.807, 2.05) is 0 Å². The molecule has 0 aliphatic heterocycles. The molecule has 0 aliphatic rings. The van der Waals surface area contributed by atoms with Gasteiger partial charge in [0.05, 0.1) is 17.0 Å². The average Bonchev–Trinajstić information content (AvgIpc) is 2.79. The molecule has 0 amide bonds. The maximum Gasteiger partial charge on any atom is 0.358 e. The SMILES string of the molecule is CCOC(=O)c1ncsc1-c1ccccc1F. The standard InChI is InChI=1S/C12H10FNO2S/c1-2-16-12(15)10-11(17-7-14-10)8-5-3-4-6-9(8)13/h3-7H,2H2,1H3. The maximum atomic E-state index is 13.6. The lowest BCUT2D eigenvalue weighted by molar-refractivity contribution is 0.0521. The van der Waals surface area contributed by atoms with Crippen LogP contribution in [-0.4, -0.2) is 17.6 Å². The predicted molar refractivity (Wildman–Crippen MR) is 63.5 cm³/mol. The first-order chi connectivity index (χ1) is 8.24. The van der Waals surface area contributed by atoms with E-state index in [9.17, 15) is 9.18 Å². The molecule has 0 radical (unpaired) electrons. The Labute approximate surface area is 102 Å². The molecule has 5 heteroatoms. The summed E-state index contributed by atoms with van der Waals surface area (Å²) < 4.78 is 18.5. The Kier molecular flexibility index (Phi) is 3.49. The molecule has 2 aromatic rings. The number of ether oxygens (including phenoxy) is 1. The molecule has 3 nitrogen and oxygen atoms in total. The van der Waals surface area contributed by atoms with Crippen molar-refractivity contribution in [2.45, 2.75) is 6.92 Å². The van der Waals surface area contributed by atoms with Gasteiger partial charge in [-0.2, -0.15) is 0 Å². The molecule has 0 unspecified atom stereocenters. The van der Waals surface area contributed by atoms with Gasteiger partial charge in [-0.1, -0.05) is 18.2 Å². The summed E-state index contributed by atoms with van der Waals surface area (Å²) in [5.74, 6) is -0.894. The topological polar surface area (TPSA) is 39.2 Å². The fourth-order valence-corrected chi connectivity index (χ4v) is 2.23. The zero-order valence-electron chi connectivity index (χ0n) is 9.14. The van der Waals surface area contributed by atoms with Crippen LogP contribution in [0.25, 0.3) is 10.4 Å². The molecular weight excluding hydrogens is 241 g/mol. The van der Waals surface area contributed by atoms with Gasteiger partial charge in [0.2, 0.25) is 0 Å². The summed E-state index contributed by atoms with van der Waals surface area (Å²) in [6.07, 6.45) is 0. The fraction of sp³-hybridized carbons (Fsp3) is 0.167. The maximum absolute atomic E-state index is 13.6. The van der Waals surface area contributed by atoms with Gasteiger partial charge < -0.3 is 4.74 Å². The summed E-state index contributed by atoms with van der Waals surface area (Å²) >= 11 is 1.22. The summed E-state index contributed by atoms with van der Waals surface area (Å²) in [6, 6.07) is 6.28. The zero-order valence-corrected chi connectivity index (χ0v) is 9.96. The second-order valence-electron chi connectivity index (χ2n) is 3.23. The number of esters is 1. The number of carbonyl (C=O) groups is 1. The number of nitrogens with zero attached hydrogens (tertiary/aromatic N) is 1. The molecule has 1 aromatic carbocycles. The van der Waals surface area contributed by atoms with E-state index in [2.05, 4.69) is 4.98 Å². The van der Waals surface area contributed by atoms with Crippen LogP contribution in [0.1, 0.15) is 17.4 Å². The minimum Gasteiger partial charge on any atom is -0.461 e. The third-order valence-electron chi connectivity index (χ3n) is 2.15. The molecule has 0 fully saturated rings. The van der Waals surface area contributed by atoms with Crippen molar-refractivity contribution < 1.29 is 13.9 Å². The quantitative estimate of drug-likeness (QED) is 0.787. The van der Waals surface area contributed by atoms with E-state index in [0.29, 0.717) is 10.4 Å². The first-order valence-corrected chi connectivity index (χ1v) is 5.97. The molecule has 0 atom stereocenters. The van der Waals surface area contributed by atoms with Crippen LogP contribution < -0.4 is 0 Å². The third-order valence-corrected chi connectivity index (χ3v) is 3.01. The van der Waals surface area contributed by atoms with Gasteiger partial charge in [0.15, 0.2) is 5.69 Å². The highest BCUT2D eigenvalue weighted by Gasteiger charge is 2.19. The second-order valence-corrected chi connectivity index (χ2v) is 4.09. The molecule has 0 spiro atoms. The van der Waals surface area contributed by atoms with Crippen LogP contribution in [0.5, 0.6) is 0 Å². The van der Waals surface area contributed by atoms with E-state index in [4.69, 9.17) is 4.74 Å². The van der Waals surface area contributed by atoms with Gasteiger partial charge in [-0.3, -0.25) is 0 Å². The van der Waals surface area contributed by atoms with Crippen molar-refractivity contribution in [1.29, 1.82) is 0 Å². The molecule has 1 aromatic heterocycles. The Morgan fingerprint density at radius 2 is 2.24 bits per heavy atom. The number of halogens is 1. The van der Waals surface area contributed by atoms with Crippen LogP contribution in [-0.2, 0) is 4.74 Å². The van der Waals surface area contributed by atoms with Gasteiger partial charge in [0.1, 0.15) is 5.82 Å². The van der Waals surface area contributed by atoms with Crippen LogP contribution in [0.2, 0.25) is 0 Å². The predicted octanol–water partition coefficient (Wildman–Crippen LogP) is 3.13. The number of aromatic nitrogens is 1. The molecule has 0 N–H and O–H groups in total. The number of carbonyl (C=O) groups excluding carboxylic acids is 1. The highest BCUT2D eigenvalue weighted by atomic mass is 32.1. The minimum absolute atomic E-state index is 0.168. The van der Waals surface area contributed by atoms with Crippen molar-refractivity contribution >= 4 is 17.3 Å². The Bertz CT molecular complexity index is 539. The van der Waals surface area contributed by atoms with Gasteiger partial charge in [-0.15, -0.1) is 11.3 Å². The molecule has 1 heterocycles. The molecule has 0 saturated carbocycles. The van der Waals surface area contributed by atoms with Gasteiger partial charge in [0, 0.05) is 5.56 Å². The van der Waals surface area contributed by atoms with E-state index in [1.54, 1.807) is 25.1 Å². The lowest BCUT2D eigenvalue weighted by atomic mass is 10.1. The van der Waals surface area contributed by atoms with Crippen molar-refractivity contribution in [2.75, 3.05) is 6.61 Å². The van der Waals surface area contributed by atoms with Crippen LogP contribution in [0.4, 0.5) is 4.39 Å². The Morgan fingerprint density at radius 3 is 2.94 bits per heavy atom. The van der Waals surface area contributed by atoms with Gasteiger partial charge in [-0.25, -0.2) is 14.2 Å². The van der Waals surface area contributed by atoms with E-state index < -0.39 is 5.97 Å². The van der Waals surface area contributed by atoms with Crippen molar-refractivity contribution in [3.05, 3.63) is 41.3 Å². The van der Waals surface area contributed by atoms with E-state index in [1.165, 1.54) is 22.9 Å². The highest BCUT2D eigenvalue weighted by molar-refractivity contribution is 7.13. The summed E-state index contributed by atoms with van der Waals surface area (Å²) in [4.78, 5) is 16.0. The van der Waals surface area contributed by atoms with E-state index in [-0.39, 0.29) is 18.1 Å². The first-order valence-electron chi connectivity index (χ1n) is 5.09. The largest absolute Gasteiger partial charge is 0.461 e. The molecule has 17 heavy (non-hydrogen) atoms. The molecule has 0 bridgehead atoms. The van der Waals surface area contributed by atoms with Crippen molar-refractivity contribution in [2.24, 2.45) is 0 Å². The number of hydrogen-bond donors (Lipinski definition) is 0. The summed E-state index contributed by atoms with van der Waals surface area (Å²) in [6.45, 7) is 1.99. The number of hydrogen-bond acceptors (Lipinski definition) is 4. The van der Waals surface area contributed by atoms with E-state index in [0.717, 1.165) is 0 Å². The van der Waals surface area contributed by atoms with Gasteiger partial charge in [0.25, 0.3) is 0 Å². The van der Waals surface area contributed by atoms with Crippen molar-refractivity contribution in [3.63, 3.8) is 0 Å². The Hall–Kier alpha value is -1.75. The first kappa shape index (κ1) is 11.7. The zero-order chi connectivity index (χ0) is 12.3. The van der Waals surface area contributed by atoms with Gasteiger partial charge >= 0.3 is 5.97 Å². The van der Waals surface area contributed by atoms with Crippen molar-refractivity contribution in [3.8, 4) is 10.4 Å². The lowest BCUT2D eigenvalue weighted by Crippen LogP contribution is -2.06. The third kappa shape index (κ3) is 2.34. The van der Waals surface area contributed by atoms with E-state index >= 15 is 0 Å². The minimum atomic E-state index is -0.521. The molecule has 0 aliphatic carbocycles. The van der Waals surface area contributed by atoms with Crippen LogP contribution in [0.3, 0.4) is 0 Å². The van der Waals surface area contributed by atoms with Crippen LogP contribution in [0.15, 0.2) is 29.8 Å². The van der Waals surface area contributed by atoms with Crippen LogP contribution >= 0.6 is 11.3 Å². The molecule has 2 rings (SSSR count). The molecular formula is C12H10FNO2S. The number of benzene rings is 1. The van der Waals surface area contributed by atoms with Gasteiger partial charge in [-0.05, 0) is 13.0 Å². The Morgan fingerprint density at radius 1 is 1.47 bits per heavy atom. The lowest BCUT2D eigenvalue weighted by Gasteiger charge is -2.03. The number of thiazole rings is 1. The molecule has 88 valence electrons. The van der Waals surface area contributed by atoms with Crippen LogP contribution in [0, 0.1) is 5.82 Å². The monoisotopic (exact) mass is 251 g/mol. The van der Waals surface area contributed by atoms with Crippen molar-refractivity contribution in [1.82, 2.24) is 4.98 Å².